The van der Waals surface area contributed by atoms with Gasteiger partial charge in [-0.1, -0.05) is 32.9 Å². The second-order valence-electron chi connectivity index (χ2n) is 8.80. The van der Waals surface area contributed by atoms with Gasteiger partial charge in [0.25, 0.3) is 0 Å². The number of methoxy groups -OCH3 is 1. The van der Waals surface area contributed by atoms with Gasteiger partial charge in [0, 0.05) is 30.3 Å². The topological polar surface area (TPSA) is 45.7 Å². The lowest BCUT2D eigenvalue weighted by molar-refractivity contribution is -0.192. The number of nitrogens with zero attached hydrogens (tertiary/aromatic N) is 3. The van der Waals surface area contributed by atoms with Crippen molar-refractivity contribution in [2.75, 3.05) is 25.6 Å². The standard InChI is InChI=1S/C23H28F3N3O2/c1-22(2,3)21(30)28(4)20(23(24,25)26)15-8-10-16(11-9-15)29-12-6-7-17-18(29)13-27-14-19(17)31-5/h8-11,13-14,20H,6-7,12H2,1-5H3/t20-/m0/s1. The Morgan fingerprint density at radius 3 is 2.35 bits per heavy atom. The average Bonchev–Trinajstić information content (AvgIpc) is 2.71. The van der Waals surface area contributed by atoms with Crippen molar-refractivity contribution in [1.29, 1.82) is 0 Å². The van der Waals surface area contributed by atoms with Crippen LogP contribution >= 0.6 is 0 Å². The molecule has 0 radical (unpaired) electrons. The summed E-state index contributed by atoms with van der Waals surface area (Å²) >= 11 is 0. The van der Waals surface area contributed by atoms with Crippen LogP contribution in [0.15, 0.2) is 36.7 Å². The largest absolute Gasteiger partial charge is 0.495 e. The number of aromatic nitrogens is 1. The molecule has 1 amide bonds. The van der Waals surface area contributed by atoms with Gasteiger partial charge in [-0.15, -0.1) is 0 Å². The Kier molecular flexibility index (Phi) is 6.21. The lowest BCUT2D eigenvalue weighted by atomic mass is 9.93. The Morgan fingerprint density at radius 2 is 1.81 bits per heavy atom. The number of carbonyl (C=O) groups excluding carboxylic acids is 1. The minimum absolute atomic E-state index is 0.0253. The van der Waals surface area contributed by atoms with E-state index >= 15 is 0 Å². The summed E-state index contributed by atoms with van der Waals surface area (Å²) in [6.45, 7) is 5.56. The molecule has 5 nitrogen and oxygen atoms in total. The van der Waals surface area contributed by atoms with E-state index in [1.54, 1.807) is 52.4 Å². The van der Waals surface area contributed by atoms with Crippen LogP contribution in [-0.2, 0) is 11.2 Å². The van der Waals surface area contributed by atoms with Gasteiger partial charge in [0.05, 0.1) is 25.2 Å². The first kappa shape index (κ1) is 22.9. The molecule has 0 fully saturated rings. The predicted molar refractivity (Wildman–Crippen MR) is 114 cm³/mol. The third kappa shape index (κ3) is 4.62. The van der Waals surface area contributed by atoms with Crippen LogP contribution in [0.5, 0.6) is 5.75 Å². The number of benzene rings is 1. The van der Waals surface area contributed by atoms with Crippen molar-refractivity contribution in [3.05, 3.63) is 47.8 Å². The van der Waals surface area contributed by atoms with E-state index in [0.717, 1.165) is 41.2 Å². The summed E-state index contributed by atoms with van der Waals surface area (Å²) in [7, 11) is 2.80. The average molecular weight is 435 g/mol. The summed E-state index contributed by atoms with van der Waals surface area (Å²) in [5.41, 5.74) is 1.81. The summed E-state index contributed by atoms with van der Waals surface area (Å²) in [6, 6.07) is 4.21. The molecule has 1 atom stereocenters. The quantitative estimate of drug-likeness (QED) is 0.655. The lowest BCUT2D eigenvalue weighted by Crippen LogP contribution is -2.44. The molecule has 1 aromatic carbocycles. The summed E-state index contributed by atoms with van der Waals surface area (Å²) in [4.78, 5) is 19.6. The van der Waals surface area contributed by atoms with Crippen molar-refractivity contribution >= 4 is 17.3 Å². The Balaban J connectivity index is 1.95. The van der Waals surface area contributed by atoms with E-state index in [-0.39, 0.29) is 5.56 Å². The number of halogens is 3. The van der Waals surface area contributed by atoms with Crippen LogP contribution in [0, 0.1) is 5.41 Å². The number of carbonyl (C=O) groups is 1. The van der Waals surface area contributed by atoms with Crippen molar-refractivity contribution in [3.63, 3.8) is 0 Å². The number of alkyl halides is 3. The van der Waals surface area contributed by atoms with E-state index in [4.69, 9.17) is 4.74 Å². The first-order chi connectivity index (χ1) is 14.4. The Hall–Kier alpha value is -2.77. The van der Waals surface area contributed by atoms with Crippen molar-refractivity contribution in [1.82, 2.24) is 9.88 Å². The summed E-state index contributed by atoms with van der Waals surface area (Å²) in [6.07, 6.45) is 0.571. The molecule has 0 unspecified atom stereocenters. The minimum atomic E-state index is -4.59. The maximum Gasteiger partial charge on any atom is 0.413 e. The van der Waals surface area contributed by atoms with Crippen LogP contribution in [0.25, 0.3) is 0 Å². The van der Waals surface area contributed by atoms with Crippen LogP contribution in [0.3, 0.4) is 0 Å². The molecular formula is C23H28F3N3O2. The van der Waals surface area contributed by atoms with E-state index in [1.807, 2.05) is 4.90 Å². The van der Waals surface area contributed by atoms with E-state index in [2.05, 4.69) is 4.98 Å². The van der Waals surface area contributed by atoms with Crippen molar-refractivity contribution < 1.29 is 22.7 Å². The summed E-state index contributed by atoms with van der Waals surface area (Å²) < 4.78 is 47.2. The molecule has 1 aromatic heterocycles. The predicted octanol–water partition coefficient (Wildman–Crippen LogP) is 5.28. The number of pyridine rings is 1. The molecule has 0 bridgehead atoms. The Labute approximate surface area is 180 Å². The number of rotatable bonds is 4. The highest BCUT2D eigenvalue weighted by Gasteiger charge is 2.46. The number of amides is 1. The number of anilines is 2. The van der Waals surface area contributed by atoms with Gasteiger partial charge in [-0.05, 0) is 30.5 Å². The number of ether oxygens (including phenoxy) is 1. The first-order valence-corrected chi connectivity index (χ1v) is 10.2. The normalized spacial score (nSPS) is 15.3. The third-order valence-corrected chi connectivity index (χ3v) is 5.49. The van der Waals surface area contributed by atoms with Crippen LogP contribution in [0.2, 0.25) is 0 Å². The van der Waals surface area contributed by atoms with Gasteiger partial charge in [-0.2, -0.15) is 13.2 Å². The lowest BCUT2D eigenvalue weighted by Gasteiger charge is -2.35. The smallest absolute Gasteiger partial charge is 0.413 e. The molecule has 0 saturated carbocycles. The molecule has 1 aliphatic rings. The molecule has 3 rings (SSSR count). The van der Waals surface area contributed by atoms with Gasteiger partial charge in [0.15, 0.2) is 6.04 Å². The third-order valence-electron chi connectivity index (χ3n) is 5.49. The van der Waals surface area contributed by atoms with E-state index in [1.165, 1.54) is 19.2 Å². The monoisotopic (exact) mass is 435 g/mol. The van der Waals surface area contributed by atoms with Gasteiger partial charge >= 0.3 is 6.18 Å². The van der Waals surface area contributed by atoms with E-state index in [0.29, 0.717) is 5.75 Å². The van der Waals surface area contributed by atoms with Crippen LogP contribution in [0.1, 0.15) is 44.4 Å². The SMILES string of the molecule is COc1cncc2c1CCCN2c1ccc([C@H](N(C)C(=O)C(C)(C)C)C(F)(F)F)cc1. The fourth-order valence-corrected chi connectivity index (χ4v) is 4.04. The highest BCUT2D eigenvalue weighted by atomic mass is 19.4. The molecule has 0 aliphatic carbocycles. The first-order valence-electron chi connectivity index (χ1n) is 10.2. The summed E-state index contributed by atoms with van der Waals surface area (Å²) in [5, 5.41) is 0. The van der Waals surface area contributed by atoms with Crippen molar-refractivity contribution in [2.24, 2.45) is 5.41 Å². The summed E-state index contributed by atoms with van der Waals surface area (Å²) in [5.74, 6) is 0.139. The molecule has 2 heterocycles. The highest BCUT2D eigenvalue weighted by molar-refractivity contribution is 5.82. The Morgan fingerprint density at radius 1 is 1.16 bits per heavy atom. The number of hydrogen-bond acceptors (Lipinski definition) is 4. The van der Waals surface area contributed by atoms with Gasteiger partial charge in [0.1, 0.15) is 5.75 Å². The van der Waals surface area contributed by atoms with E-state index < -0.39 is 23.5 Å². The van der Waals surface area contributed by atoms with E-state index in [9.17, 15) is 18.0 Å². The zero-order chi connectivity index (χ0) is 23.0. The van der Waals surface area contributed by atoms with Crippen molar-refractivity contribution in [2.45, 2.75) is 45.8 Å². The van der Waals surface area contributed by atoms with Gasteiger partial charge in [0.2, 0.25) is 5.91 Å². The van der Waals surface area contributed by atoms with Gasteiger partial charge < -0.3 is 14.5 Å². The Bertz CT molecular complexity index is 937. The fourth-order valence-electron chi connectivity index (χ4n) is 4.04. The van der Waals surface area contributed by atoms with Gasteiger partial charge in [-0.25, -0.2) is 0 Å². The molecule has 2 aromatic rings. The molecule has 0 N–H and O–H groups in total. The zero-order valence-electron chi connectivity index (χ0n) is 18.5. The number of hydrogen-bond donors (Lipinski definition) is 0. The molecule has 0 saturated heterocycles. The van der Waals surface area contributed by atoms with Crippen molar-refractivity contribution in [3.8, 4) is 5.75 Å². The second kappa shape index (κ2) is 8.40. The fraction of sp³-hybridized carbons (Fsp3) is 0.478. The minimum Gasteiger partial charge on any atom is -0.495 e. The maximum absolute atomic E-state index is 13.9. The molecule has 31 heavy (non-hydrogen) atoms. The van der Waals surface area contributed by atoms with Crippen LogP contribution in [0.4, 0.5) is 24.5 Å². The molecule has 8 heteroatoms. The molecule has 168 valence electrons. The number of fused-ring (bicyclic) bond motifs is 1. The van der Waals surface area contributed by atoms with Crippen LogP contribution in [-0.4, -0.2) is 42.7 Å². The van der Waals surface area contributed by atoms with Crippen LogP contribution < -0.4 is 9.64 Å². The second-order valence-corrected chi connectivity index (χ2v) is 8.80. The molecular weight excluding hydrogens is 407 g/mol. The molecule has 0 spiro atoms. The molecule has 1 aliphatic heterocycles. The zero-order valence-corrected chi connectivity index (χ0v) is 18.5. The highest BCUT2D eigenvalue weighted by Crippen LogP contribution is 2.41. The maximum atomic E-state index is 13.9. The van der Waals surface area contributed by atoms with Gasteiger partial charge in [-0.3, -0.25) is 9.78 Å².